The van der Waals surface area contributed by atoms with Crippen LogP contribution in [-0.4, -0.2) is 23.0 Å². The second kappa shape index (κ2) is 6.13. The number of methoxy groups -OCH3 is 1. The molecule has 22 heavy (non-hydrogen) atoms. The van der Waals surface area contributed by atoms with E-state index in [-0.39, 0.29) is 11.4 Å². The lowest BCUT2D eigenvalue weighted by molar-refractivity contribution is 0.0598. The first-order chi connectivity index (χ1) is 10.3. The summed E-state index contributed by atoms with van der Waals surface area (Å²) in [6, 6.07) is 8.01. The Balaban J connectivity index is 2.17. The molecule has 1 aromatic carbocycles. The summed E-state index contributed by atoms with van der Waals surface area (Å²) in [5, 5.41) is 0. The van der Waals surface area contributed by atoms with Crippen molar-refractivity contribution in [1.29, 1.82) is 0 Å². The molecule has 0 aliphatic carbocycles. The molecular formula is C17H20N2O3. The van der Waals surface area contributed by atoms with Crippen molar-refractivity contribution < 1.29 is 14.3 Å². The maximum Gasteiger partial charge on any atom is 0.341 e. The molecule has 5 nitrogen and oxygen atoms in total. The molecule has 0 fully saturated rings. The van der Waals surface area contributed by atoms with Crippen molar-refractivity contribution in [3.05, 3.63) is 47.3 Å². The first-order valence-corrected chi connectivity index (χ1v) is 7.01. The first-order valence-electron chi connectivity index (χ1n) is 7.01. The van der Waals surface area contributed by atoms with Gasteiger partial charge >= 0.3 is 12.0 Å². The first kappa shape index (κ1) is 15.9. The monoisotopic (exact) mass is 300 g/mol. The number of aromatic nitrogens is 2. The highest BCUT2D eigenvalue weighted by atomic mass is 16.5. The van der Waals surface area contributed by atoms with E-state index in [1.54, 1.807) is 6.92 Å². The Morgan fingerprint density at radius 2 is 1.77 bits per heavy atom. The Labute approximate surface area is 130 Å². The second-order valence-corrected chi connectivity index (χ2v) is 6.02. The fraction of sp³-hybridized carbons (Fsp3) is 0.353. The third kappa shape index (κ3) is 3.61. The largest absolute Gasteiger partial charge is 0.465 e. The number of hydrogen-bond acceptors (Lipinski definition) is 5. The molecule has 0 aliphatic heterocycles. The molecule has 2 aromatic rings. The van der Waals surface area contributed by atoms with Crippen LogP contribution in [0.3, 0.4) is 0 Å². The topological polar surface area (TPSA) is 61.3 Å². The highest BCUT2D eigenvalue weighted by Crippen LogP contribution is 2.26. The number of rotatable bonds is 3. The predicted molar refractivity (Wildman–Crippen MR) is 83.3 cm³/mol. The molecule has 0 atom stereocenters. The van der Waals surface area contributed by atoms with Crippen molar-refractivity contribution in [2.45, 2.75) is 33.1 Å². The van der Waals surface area contributed by atoms with E-state index in [4.69, 9.17) is 4.74 Å². The lowest BCUT2D eigenvalue weighted by atomic mass is 9.87. The zero-order valence-electron chi connectivity index (χ0n) is 13.5. The molecule has 0 radical (unpaired) electrons. The molecule has 1 aromatic heterocycles. The third-order valence-electron chi connectivity index (χ3n) is 3.29. The summed E-state index contributed by atoms with van der Waals surface area (Å²) < 4.78 is 10.3. The Hall–Kier alpha value is -2.43. The summed E-state index contributed by atoms with van der Waals surface area (Å²) in [4.78, 5) is 19.7. The maximum absolute atomic E-state index is 11.5. The van der Waals surface area contributed by atoms with E-state index in [0.717, 1.165) is 0 Å². The highest BCUT2D eigenvalue weighted by Gasteiger charge is 2.14. The molecule has 0 saturated heterocycles. The Bertz CT molecular complexity index is 673. The number of hydrogen-bond donors (Lipinski definition) is 0. The zero-order valence-corrected chi connectivity index (χ0v) is 13.5. The van der Waals surface area contributed by atoms with Gasteiger partial charge in [-0.05, 0) is 30.0 Å². The van der Waals surface area contributed by atoms with Crippen LogP contribution < -0.4 is 4.74 Å². The van der Waals surface area contributed by atoms with Gasteiger partial charge < -0.3 is 9.47 Å². The summed E-state index contributed by atoms with van der Waals surface area (Å²) in [6.45, 7) is 8.17. The number of nitrogens with zero attached hydrogens (tertiary/aromatic N) is 2. The van der Waals surface area contributed by atoms with Crippen LogP contribution in [0.2, 0.25) is 0 Å². The molecule has 0 spiro atoms. The van der Waals surface area contributed by atoms with Crippen molar-refractivity contribution >= 4 is 5.97 Å². The fourth-order valence-electron chi connectivity index (χ4n) is 1.93. The fourth-order valence-corrected chi connectivity index (χ4v) is 1.93. The summed E-state index contributed by atoms with van der Waals surface area (Å²) in [5.74, 6) is 0.191. The van der Waals surface area contributed by atoms with Gasteiger partial charge in [0, 0.05) is 6.20 Å². The molecule has 0 unspecified atom stereocenters. The smallest absolute Gasteiger partial charge is 0.341 e. The van der Waals surface area contributed by atoms with E-state index in [1.165, 1.54) is 18.9 Å². The van der Waals surface area contributed by atoms with Gasteiger partial charge in [0.1, 0.15) is 5.75 Å². The van der Waals surface area contributed by atoms with Gasteiger partial charge in [-0.3, -0.25) is 0 Å². The van der Waals surface area contributed by atoms with Gasteiger partial charge in [-0.25, -0.2) is 9.78 Å². The van der Waals surface area contributed by atoms with Crippen LogP contribution in [0, 0.1) is 6.92 Å². The highest BCUT2D eigenvalue weighted by molar-refractivity contribution is 5.90. The normalized spacial score (nSPS) is 11.1. The predicted octanol–water partition coefficient (Wildman–Crippen LogP) is 3.66. The van der Waals surface area contributed by atoms with E-state index in [9.17, 15) is 4.79 Å². The van der Waals surface area contributed by atoms with Crippen LogP contribution in [0.15, 0.2) is 30.5 Å². The minimum atomic E-state index is -0.460. The van der Waals surface area contributed by atoms with Gasteiger partial charge in [-0.15, -0.1) is 0 Å². The number of carbonyl (C=O) groups is 1. The summed E-state index contributed by atoms with van der Waals surface area (Å²) >= 11 is 0. The molecule has 0 aliphatic rings. The number of benzene rings is 1. The Morgan fingerprint density at radius 1 is 1.14 bits per heavy atom. The van der Waals surface area contributed by atoms with Crippen molar-refractivity contribution in [3.8, 4) is 11.8 Å². The third-order valence-corrected chi connectivity index (χ3v) is 3.29. The Kier molecular flexibility index (Phi) is 4.45. The van der Waals surface area contributed by atoms with Crippen molar-refractivity contribution in [2.24, 2.45) is 0 Å². The van der Waals surface area contributed by atoms with Crippen LogP contribution in [0.4, 0.5) is 0 Å². The van der Waals surface area contributed by atoms with Gasteiger partial charge in [0.05, 0.1) is 18.4 Å². The second-order valence-electron chi connectivity index (χ2n) is 6.02. The lowest BCUT2D eigenvalue weighted by Gasteiger charge is -2.19. The molecule has 5 heteroatoms. The lowest BCUT2D eigenvalue weighted by Crippen LogP contribution is -2.10. The number of ether oxygens (including phenoxy) is 2. The molecular weight excluding hydrogens is 280 g/mol. The summed E-state index contributed by atoms with van der Waals surface area (Å²) in [6.07, 6.45) is 1.41. The molecule has 0 amide bonds. The maximum atomic E-state index is 11.5. The quantitative estimate of drug-likeness (QED) is 0.809. The van der Waals surface area contributed by atoms with Crippen LogP contribution >= 0.6 is 0 Å². The average Bonchev–Trinajstić information content (AvgIpc) is 2.46. The van der Waals surface area contributed by atoms with Gasteiger partial charge in [-0.2, -0.15) is 4.98 Å². The van der Waals surface area contributed by atoms with E-state index in [0.29, 0.717) is 17.0 Å². The molecule has 1 heterocycles. The van der Waals surface area contributed by atoms with Crippen molar-refractivity contribution in [1.82, 2.24) is 9.97 Å². The molecule has 0 bridgehead atoms. The van der Waals surface area contributed by atoms with Gasteiger partial charge in [0.2, 0.25) is 0 Å². The van der Waals surface area contributed by atoms with E-state index in [1.807, 2.05) is 24.3 Å². The number of carbonyl (C=O) groups excluding carboxylic acids is 1. The number of aryl methyl sites for hydroxylation is 1. The molecule has 0 saturated carbocycles. The standard InChI is InChI=1S/C17H20N2O3/c1-11-14(15(20)21-5)10-18-16(19-11)22-13-8-6-12(7-9-13)17(2,3)4/h6-10H,1-5H3. The van der Waals surface area contributed by atoms with Gasteiger partial charge in [-0.1, -0.05) is 32.9 Å². The number of esters is 1. The van der Waals surface area contributed by atoms with Crippen LogP contribution in [0.1, 0.15) is 42.4 Å². The Morgan fingerprint density at radius 3 is 2.27 bits per heavy atom. The molecule has 0 N–H and O–H groups in total. The van der Waals surface area contributed by atoms with Crippen LogP contribution in [0.5, 0.6) is 11.8 Å². The van der Waals surface area contributed by atoms with E-state index >= 15 is 0 Å². The minimum Gasteiger partial charge on any atom is -0.465 e. The van der Waals surface area contributed by atoms with Crippen LogP contribution in [0.25, 0.3) is 0 Å². The van der Waals surface area contributed by atoms with Gasteiger partial charge in [0.25, 0.3) is 0 Å². The van der Waals surface area contributed by atoms with Crippen LogP contribution in [-0.2, 0) is 10.2 Å². The van der Waals surface area contributed by atoms with E-state index < -0.39 is 5.97 Å². The SMILES string of the molecule is COC(=O)c1cnc(Oc2ccc(C(C)(C)C)cc2)nc1C. The van der Waals surface area contributed by atoms with Crippen molar-refractivity contribution in [3.63, 3.8) is 0 Å². The average molecular weight is 300 g/mol. The van der Waals surface area contributed by atoms with Gasteiger partial charge in [0.15, 0.2) is 0 Å². The van der Waals surface area contributed by atoms with E-state index in [2.05, 4.69) is 35.5 Å². The molecule has 116 valence electrons. The summed E-state index contributed by atoms with van der Waals surface area (Å²) in [5.41, 5.74) is 2.16. The summed E-state index contributed by atoms with van der Waals surface area (Å²) in [7, 11) is 1.32. The molecule has 2 rings (SSSR count). The van der Waals surface area contributed by atoms with Crippen molar-refractivity contribution in [2.75, 3.05) is 7.11 Å². The zero-order chi connectivity index (χ0) is 16.3. The minimum absolute atomic E-state index is 0.0911.